The van der Waals surface area contributed by atoms with E-state index in [9.17, 15) is 13.6 Å². The SMILES string of the molecule is O=C(COc1ccc(F)cc1F)NNC(=S)Nc1ccc2c(c1)OCCO2. The summed E-state index contributed by atoms with van der Waals surface area (Å²) in [5.41, 5.74) is 5.42. The first kappa shape index (κ1) is 18.6. The largest absolute Gasteiger partial charge is 0.486 e. The van der Waals surface area contributed by atoms with E-state index in [1.165, 1.54) is 0 Å². The van der Waals surface area contributed by atoms with Crippen molar-refractivity contribution in [3.63, 3.8) is 0 Å². The van der Waals surface area contributed by atoms with E-state index in [2.05, 4.69) is 16.2 Å². The van der Waals surface area contributed by atoms with Crippen molar-refractivity contribution < 1.29 is 27.8 Å². The molecule has 1 heterocycles. The second kappa shape index (κ2) is 8.49. The molecule has 0 fully saturated rings. The molecule has 27 heavy (non-hydrogen) atoms. The second-order valence-corrected chi connectivity index (χ2v) is 5.76. The molecule has 0 bridgehead atoms. The predicted octanol–water partition coefficient (Wildman–Crippen LogP) is 2.13. The molecule has 2 aromatic rings. The van der Waals surface area contributed by atoms with Crippen molar-refractivity contribution in [3.8, 4) is 17.2 Å². The van der Waals surface area contributed by atoms with Crippen LogP contribution in [0.15, 0.2) is 36.4 Å². The maximum absolute atomic E-state index is 13.4. The van der Waals surface area contributed by atoms with Crippen LogP contribution in [0.4, 0.5) is 14.5 Å². The third kappa shape index (κ3) is 5.17. The van der Waals surface area contributed by atoms with E-state index in [4.69, 9.17) is 26.4 Å². The molecule has 142 valence electrons. The van der Waals surface area contributed by atoms with Gasteiger partial charge in [-0.25, -0.2) is 8.78 Å². The quantitative estimate of drug-likeness (QED) is 0.541. The molecule has 2 aromatic carbocycles. The number of fused-ring (bicyclic) bond motifs is 1. The van der Waals surface area contributed by atoms with Gasteiger partial charge in [0.1, 0.15) is 19.0 Å². The van der Waals surface area contributed by atoms with Crippen LogP contribution >= 0.6 is 12.2 Å². The highest BCUT2D eigenvalue weighted by Gasteiger charge is 2.12. The van der Waals surface area contributed by atoms with Crippen molar-refractivity contribution in [3.05, 3.63) is 48.0 Å². The van der Waals surface area contributed by atoms with Crippen molar-refractivity contribution in [2.24, 2.45) is 0 Å². The first-order chi connectivity index (χ1) is 13.0. The van der Waals surface area contributed by atoms with Crippen LogP contribution in [0.3, 0.4) is 0 Å². The molecule has 0 radical (unpaired) electrons. The van der Waals surface area contributed by atoms with Crippen LogP contribution in [-0.2, 0) is 4.79 Å². The Hall–Kier alpha value is -3.14. The molecule has 0 aromatic heterocycles. The van der Waals surface area contributed by atoms with Gasteiger partial charge >= 0.3 is 0 Å². The zero-order valence-electron chi connectivity index (χ0n) is 13.9. The number of rotatable bonds is 4. The molecule has 10 heteroatoms. The van der Waals surface area contributed by atoms with Crippen LogP contribution in [-0.4, -0.2) is 30.8 Å². The minimum atomic E-state index is -0.897. The Balaban J connectivity index is 1.44. The van der Waals surface area contributed by atoms with E-state index in [0.717, 1.165) is 12.1 Å². The van der Waals surface area contributed by atoms with Crippen molar-refractivity contribution in [1.82, 2.24) is 10.9 Å². The molecule has 3 rings (SSSR count). The van der Waals surface area contributed by atoms with Gasteiger partial charge in [-0.1, -0.05) is 0 Å². The molecule has 0 unspecified atom stereocenters. The van der Waals surface area contributed by atoms with Crippen molar-refractivity contribution in [1.29, 1.82) is 0 Å². The zero-order valence-corrected chi connectivity index (χ0v) is 14.7. The highest BCUT2D eigenvalue weighted by molar-refractivity contribution is 7.80. The lowest BCUT2D eigenvalue weighted by molar-refractivity contribution is -0.123. The van der Waals surface area contributed by atoms with E-state index in [0.29, 0.717) is 36.5 Å². The molecule has 1 aliphatic rings. The molecule has 0 saturated heterocycles. The van der Waals surface area contributed by atoms with Gasteiger partial charge in [-0.2, -0.15) is 0 Å². The molecule has 0 spiro atoms. The molecule has 1 aliphatic heterocycles. The Kier molecular flexibility index (Phi) is 5.87. The Labute approximate surface area is 158 Å². The van der Waals surface area contributed by atoms with Crippen molar-refractivity contribution in [2.45, 2.75) is 0 Å². The first-order valence-corrected chi connectivity index (χ1v) is 8.25. The van der Waals surface area contributed by atoms with Crippen molar-refractivity contribution in [2.75, 3.05) is 25.1 Å². The average Bonchev–Trinajstić information content (AvgIpc) is 2.65. The highest BCUT2D eigenvalue weighted by Crippen LogP contribution is 2.32. The summed E-state index contributed by atoms with van der Waals surface area (Å²) >= 11 is 5.07. The zero-order chi connectivity index (χ0) is 19.2. The number of ether oxygens (including phenoxy) is 3. The van der Waals surface area contributed by atoms with Gasteiger partial charge in [0.2, 0.25) is 0 Å². The summed E-state index contributed by atoms with van der Waals surface area (Å²) in [6.07, 6.45) is 0. The van der Waals surface area contributed by atoms with Gasteiger partial charge < -0.3 is 19.5 Å². The summed E-state index contributed by atoms with van der Waals surface area (Å²) < 4.78 is 42.1. The highest BCUT2D eigenvalue weighted by atomic mass is 32.1. The fourth-order valence-electron chi connectivity index (χ4n) is 2.18. The number of anilines is 1. The van der Waals surface area contributed by atoms with Gasteiger partial charge in [-0.3, -0.25) is 15.6 Å². The number of carbonyl (C=O) groups excluding carboxylic acids is 1. The number of carbonyl (C=O) groups is 1. The maximum atomic E-state index is 13.4. The van der Waals surface area contributed by atoms with Gasteiger partial charge in [0, 0.05) is 17.8 Å². The summed E-state index contributed by atoms with van der Waals surface area (Å²) in [6.45, 7) is 0.474. The Morgan fingerprint density at radius 2 is 1.85 bits per heavy atom. The molecule has 7 nitrogen and oxygen atoms in total. The number of hydrogen-bond acceptors (Lipinski definition) is 5. The van der Waals surface area contributed by atoms with Gasteiger partial charge in [-0.15, -0.1) is 0 Å². The Morgan fingerprint density at radius 1 is 1.07 bits per heavy atom. The number of hydrazine groups is 1. The molecule has 1 amide bonds. The lowest BCUT2D eigenvalue weighted by Gasteiger charge is -2.19. The summed E-state index contributed by atoms with van der Waals surface area (Å²) in [5.74, 6) is -1.24. The smallest absolute Gasteiger partial charge is 0.276 e. The van der Waals surface area contributed by atoms with Gasteiger partial charge in [-0.05, 0) is 36.5 Å². The monoisotopic (exact) mass is 395 g/mol. The number of halogens is 2. The summed E-state index contributed by atoms with van der Waals surface area (Å²) in [7, 11) is 0. The van der Waals surface area contributed by atoms with Gasteiger partial charge in [0.15, 0.2) is 34.8 Å². The maximum Gasteiger partial charge on any atom is 0.276 e. The molecule has 0 aliphatic carbocycles. The van der Waals surface area contributed by atoms with E-state index >= 15 is 0 Å². The third-order valence-electron chi connectivity index (χ3n) is 3.37. The number of benzene rings is 2. The lowest BCUT2D eigenvalue weighted by Crippen LogP contribution is -2.45. The second-order valence-electron chi connectivity index (χ2n) is 5.35. The average molecular weight is 395 g/mol. The van der Waals surface area contributed by atoms with Crippen LogP contribution in [0.2, 0.25) is 0 Å². The molecule has 0 saturated carbocycles. The number of nitrogens with one attached hydrogen (secondary N) is 3. The van der Waals surface area contributed by atoms with Crippen LogP contribution in [0.25, 0.3) is 0 Å². The van der Waals surface area contributed by atoms with E-state index < -0.39 is 24.1 Å². The predicted molar refractivity (Wildman–Crippen MR) is 96.8 cm³/mol. The molecular weight excluding hydrogens is 380 g/mol. The van der Waals surface area contributed by atoms with E-state index in [1.54, 1.807) is 18.2 Å². The standard InChI is InChI=1S/C17H15F2N3O4S/c18-10-1-3-13(12(19)7-10)26-9-16(23)21-22-17(27)20-11-2-4-14-15(8-11)25-6-5-24-14/h1-4,7-8H,5-6,9H2,(H,21,23)(H2,20,22,27). The number of thiocarbonyl (C=S) groups is 1. The summed E-state index contributed by atoms with van der Waals surface area (Å²) in [6, 6.07) is 7.98. The number of amides is 1. The minimum Gasteiger partial charge on any atom is -0.486 e. The Morgan fingerprint density at radius 3 is 2.63 bits per heavy atom. The summed E-state index contributed by atoms with van der Waals surface area (Å²) in [5, 5.41) is 2.98. The van der Waals surface area contributed by atoms with E-state index in [1.807, 2.05) is 0 Å². The molecular formula is C17H15F2N3O4S. The van der Waals surface area contributed by atoms with E-state index in [-0.39, 0.29) is 10.9 Å². The minimum absolute atomic E-state index is 0.119. The molecule has 0 atom stereocenters. The topological polar surface area (TPSA) is 80.9 Å². The third-order valence-corrected chi connectivity index (χ3v) is 3.57. The normalized spacial score (nSPS) is 12.1. The van der Waals surface area contributed by atoms with Crippen molar-refractivity contribution >= 4 is 28.9 Å². The van der Waals surface area contributed by atoms with Crippen LogP contribution in [0.1, 0.15) is 0 Å². The first-order valence-electron chi connectivity index (χ1n) is 7.84. The van der Waals surface area contributed by atoms with Crippen LogP contribution < -0.4 is 30.4 Å². The lowest BCUT2D eigenvalue weighted by atomic mass is 10.2. The molecule has 3 N–H and O–H groups in total. The van der Waals surface area contributed by atoms with Crippen LogP contribution in [0, 0.1) is 11.6 Å². The van der Waals surface area contributed by atoms with Gasteiger partial charge in [0.05, 0.1) is 0 Å². The fraction of sp³-hybridized carbons (Fsp3) is 0.176. The van der Waals surface area contributed by atoms with Crippen LogP contribution in [0.5, 0.6) is 17.2 Å². The fourth-order valence-corrected chi connectivity index (χ4v) is 2.35. The van der Waals surface area contributed by atoms with Gasteiger partial charge in [0.25, 0.3) is 5.91 Å². The Bertz CT molecular complexity index is 866. The number of hydrogen-bond donors (Lipinski definition) is 3. The summed E-state index contributed by atoms with van der Waals surface area (Å²) in [4.78, 5) is 11.7.